The summed E-state index contributed by atoms with van der Waals surface area (Å²) < 4.78 is 1.52. The van der Waals surface area contributed by atoms with Gasteiger partial charge in [0.2, 0.25) is 0 Å². The Hall–Kier alpha value is -0.900. The molecular weight excluding hydrogens is 166 g/mol. The van der Waals surface area contributed by atoms with Gasteiger partial charge in [-0.1, -0.05) is 32.4 Å². The van der Waals surface area contributed by atoms with Gasteiger partial charge in [0.25, 0.3) is 0 Å². The summed E-state index contributed by atoms with van der Waals surface area (Å²) in [7, 11) is 0. The molecular formula is C9H17N3O. The lowest BCUT2D eigenvalue weighted by Gasteiger charge is -2.13. The summed E-state index contributed by atoms with van der Waals surface area (Å²) in [4.78, 5) is 0. The van der Waals surface area contributed by atoms with E-state index < -0.39 is 6.23 Å². The van der Waals surface area contributed by atoms with Crippen LogP contribution in [0.2, 0.25) is 0 Å². The van der Waals surface area contributed by atoms with E-state index in [1.54, 1.807) is 0 Å². The first-order valence-electron chi connectivity index (χ1n) is 4.74. The van der Waals surface area contributed by atoms with Crippen molar-refractivity contribution in [1.82, 2.24) is 15.0 Å². The predicted octanol–water partition coefficient (Wildman–Crippen LogP) is 1.38. The van der Waals surface area contributed by atoms with Gasteiger partial charge in [-0.05, 0) is 12.3 Å². The van der Waals surface area contributed by atoms with Crippen molar-refractivity contribution in [3.8, 4) is 0 Å². The summed E-state index contributed by atoms with van der Waals surface area (Å²) in [6.07, 6.45) is 3.23. The Morgan fingerprint density at radius 3 is 2.77 bits per heavy atom. The number of aromatic nitrogens is 3. The fraction of sp³-hybridized carbons (Fsp3) is 0.778. The summed E-state index contributed by atoms with van der Waals surface area (Å²) in [6, 6.07) is 0. The molecule has 0 fully saturated rings. The maximum Gasteiger partial charge on any atom is 0.151 e. The third-order valence-corrected chi connectivity index (χ3v) is 1.93. The summed E-state index contributed by atoms with van der Waals surface area (Å²) >= 11 is 0. The Labute approximate surface area is 78.6 Å². The van der Waals surface area contributed by atoms with Crippen LogP contribution < -0.4 is 0 Å². The van der Waals surface area contributed by atoms with E-state index in [1.165, 1.54) is 4.68 Å². The quantitative estimate of drug-likeness (QED) is 0.767. The minimum Gasteiger partial charge on any atom is -0.371 e. The lowest BCUT2D eigenvalue weighted by atomic mass is 10.2. The van der Waals surface area contributed by atoms with Crippen LogP contribution in [0.1, 0.15) is 39.1 Å². The highest BCUT2D eigenvalue weighted by molar-refractivity contribution is 4.92. The van der Waals surface area contributed by atoms with E-state index >= 15 is 0 Å². The summed E-state index contributed by atoms with van der Waals surface area (Å²) in [5.74, 6) is 0.163. The van der Waals surface area contributed by atoms with Crippen molar-refractivity contribution in [2.45, 2.75) is 39.8 Å². The molecule has 0 aliphatic carbocycles. The Bertz CT molecular complexity index is 257. The van der Waals surface area contributed by atoms with Gasteiger partial charge in [-0.2, -0.15) is 0 Å². The van der Waals surface area contributed by atoms with E-state index in [0.29, 0.717) is 0 Å². The average Bonchev–Trinajstić information content (AvgIpc) is 2.52. The molecule has 0 bridgehead atoms. The van der Waals surface area contributed by atoms with Gasteiger partial charge in [-0.3, -0.25) is 0 Å². The van der Waals surface area contributed by atoms with Crippen molar-refractivity contribution >= 4 is 0 Å². The number of rotatable bonds is 4. The molecule has 1 heterocycles. The van der Waals surface area contributed by atoms with E-state index in [0.717, 1.165) is 18.5 Å². The highest BCUT2D eigenvalue weighted by Crippen LogP contribution is 2.12. The second-order valence-corrected chi connectivity index (χ2v) is 3.60. The van der Waals surface area contributed by atoms with Gasteiger partial charge in [0, 0.05) is 0 Å². The van der Waals surface area contributed by atoms with Gasteiger partial charge < -0.3 is 5.11 Å². The Balaban J connectivity index is 2.67. The van der Waals surface area contributed by atoms with Crippen molar-refractivity contribution < 1.29 is 5.11 Å². The number of aliphatic hydroxyl groups excluding tert-OH is 1. The van der Waals surface area contributed by atoms with Gasteiger partial charge in [0.05, 0.1) is 11.9 Å². The first-order valence-corrected chi connectivity index (χ1v) is 4.74. The van der Waals surface area contributed by atoms with E-state index in [-0.39, 0.29) is 5.92 Å². The first kappa shape index (κ1) is 10.2. The van der Waals surface area contributed by atoms with Gasteiger partial charge >= 0.3 is 0 Å². The Morgan fingerprint density at radius 2 is 2.23 bits per heavy atom. The van der Waals surface area contributed by atoms with Gasteiger partial charge in [-0.25, -0.2) is 4.68 Å². The smallest absolute Gasteiger partial charge is 0.151 e. The molecule has 0 aliphatic rings. The lowest BCUT2D eigenvalue weighted by molar-refractivity contribution is 0.0431. The van der Waals surface area contributed by atoms with Crippen molar-refractivity contribution in [2.24, 2.45) is 5.92 Å². The highest BCUT2D eigenvalue weighted by atomic mass is 16.3. The Kier molecular flexibility index (Phi) is 3.42. The normalized spacial score (nSPS) is 13.6. The van der Waals surface area contributed by atoms with Crippen molar-refractivity contribution in [1.29, 1.82) is 0 Å². The number of aryl methyl sites for hydroxylation is 1. The third kappa shape index (κ3) is 2.52. The molecule has 4 heteroatoms. The summed E-state index contributed by atoms with van der Waals surface area (Å²) in [5.41, 5.74) is 0.946. The molecule has 1 aromatic heterocycles. The maximum atomic E-state index is 9.64. The number of aliphatic hydroxyl groups is 1. The summed E-state index contributed by atoms with van der Waals surface area (Å²) in [6.45, 7) is 6.00. The van der Waals surface area contributed by atoms with Crippen LogP contribution in [0.5, 0.6) is 0 Å². The van der Waals surface area contributed by atoms with Crippen molar-refractivity contribution in [2.75, 3.05) is 0 Å². The maximum absolute atomic E-state index is 9.64. The molecule has 4 nitrogen and oxygen atoms in total. The third-order valence-electron chi connectivity index (χ3n) is 1.93. The second-order valence-electron chi connectivity index (χ2n) is 3.60. The second kappa shape index (κ2) is 4.37. The van der Waals surface area contributed by atoms with Gasteiger partial charge in [-0.15, -0.1) is 5.10 Å². The Morgan fingerprint density at radius 1 is 1.54 bits per heavy atom. The number of hydrogen-bond acceptors (Lipinski definition) is 3. The predicted molar refractivity (Wildman–Crippen MR) is 50.1 cm³/mol. The van der Waals surface area contributed by atoms with E-state index in [9.17, 15) is 5.11 Å². The molecule has 13 heavy (non-hydrogen) atoms. The van der Waals surface area contributed by atoms with Gasteiger partial charge in [0.15, 0.2) is 6.23 Å². The number of nitrogens with zero attached hydrogens (tertiary/aromatic N) is 3. The van der Waals surface area contributed by atoms with Crippen LogP contribution in [-0.2, 0) is 6.42 Å². The van der Waals surface area contributed by atoms with E-state index in [4.69, 9.17) is 0 Å². The fourth-order valence-electron chi connectivity index (χ4n) is 1.12. The van der Waals surface area contributed by atoms with Crippen molar-refractivity contribution in [3.63, 3.8) is 0 Å². The lowest BCUT2D eigenvalue weighted by Crippen LogP contribution is -2.14. The molecule has 0 saturated carbocycles. The molecule has 0 amide bonds. The fourth-order valence-corrected chi connectivity index (χ4v) is 1.12. The molecule has 0 aliphatic heterocycles. The standard InChI is InChI=1S/C9H17N3O/c1-4-5-8-6-12(11-10-8)9(13)7(2)3/h6-7,9,13H,4-5H2,1-3H3. The molecule has 0 radical (unpaired) electrons. The zero-order valence-corrected chi connectivity index (χ0v) is 8.44. The van der Waals surface area contributed by atoms with Gasteiger partial charge in [0.1, 0.15) is 0 Å². The molecule has 1 unspecified atom stereocenters. The van der Waals surface area contributed by atoms with Crippen LogP contribution in [0.15, 0.2) is 6.20 Å². The minimum absolute atomic E-state index is 0.163. The van der Waals surface area contributed by atoms with Crippen molar-refractivity contribution in [3.05, 3.63) is 11.9 Å². The van der Waals surface area contributed by atoms with Crippen LogP contribution in [0.25, 0.3) is 0 Å². The molecule has 1 atom stereocenters. The topological polar surface area (TPSA) is 50.9 Å². The first-order chi connectivity index (χ1) is 6.15. The molecule has 0 saturated heterocycles. The monoisotopic (exact) mass is 183 g/mol. The van der Waals surface area contributed by atoms with E-state index in [2.05, 4.69) is 17.2 Å². The van der Waals surface area contributed by atoms with Crippen LogP contribution in [0.3, 0.4) is 0 Å². The van der Waals surface area contributed by atoms with Crippen LogP contribution in [-0.4, -0.2) is 20.1 Å². The molecule has 1 N–H and O–H groups in total. The molecule has 74 valence electrons. The zero-order chi connectivity index (χ0) is 9.84. The molecule has 0 aromatic carbocycles. The largest absolute Gasteiger partial charge is 0.371 e. The molecule has 1 aromatic rings. The summed E-state index contributed by atoms with van der Waals surface area (Å²) in [5, 5.41) is 17.5. The highest BCUT2D eigenvalue weighted by Gasteiger charge is 2.12. The average molecular weight is 183 g/mol. The molecule has 1 rings (SSSR count). The minimum atomic E-state index is -0.557. The SMILES string of the molecule is CCCc1cn(C(O)C(C)C)nn1. The van der Waals surface area contributed by atoms with Crippen LogP contribution >= 0.6 is 0 Å². The van der Waals surface area contributed by atoms with E-state index in [1.807, 2.05) is 20.0 Å². The molecule has 0 spiro atoms. The zero-order valence-electron chi connectivity index (χ0n) is 8.44. The van der Waals surface area contributed by atoms with Crippen LogP contribution in [0.4, 0.5) is 0 Å². The van der Waals surface area contributed by atoms with Crippen LogP contribution in [0, 0.1) is 5.92 Å². The number of hydrogen-bond donors (Lipinski definition) is 1.